The van der Waals surface area contributed by atoms with Crippen LogP contribution in [0.3, 0.4) is 0 Å². The monoisotopic (exact) mass is 481 g/mol. The summed E-state index contributed by atoms with van der Waals surface area (Å²) in [5, 5.41) is 4.37. The molecule has 2 aromatic rings. The second-order valence-corrected chi connectivity index (χ2v) is 8.83. The molecule has 0 unspecified atom stereocenters. The van der Waals surface area contributed by atoms with E-state index in [4.69, 9.17) is 9.47 Å². The lowest BCUT2D eigenvalue weighted by Gasteiger charge is -2.26. The molecule has 1 N–H and O–H groups in total. The number of nitrogens with zero attached hydrogens (tertiary/aromatic N) is 4. The molecule has 0 atom stereocenters. The Morgan fingerprint density at radius 1 is 1.11 bits per heavy atom. The number of carbonyl (C=O) groups is 1. The van der Waals surface area contributed by atoms with Crippen molar-refractivity contribution in [2.75, 3.05) is 49.7 Å². The fourth-order valence-electron chi connectivity index (χ4n) is 4.08. The van der Waals surface area contributed by atoms with Gasteiger partial charge in [0.05, 0.1) is 6.21 Å². The summed E-state index contributed by atoms with van der Waals surface area (Å²) in [7, 11) is 0. The predicted molar refractivity (Wildman–Crippen MR) is 142 cm³/mol. The van der Waals surface area contributed by atoms with Crippen LogP contribution in [0.4, 0.5) is 16.3 Å². The molecule has 0 spiro atoms. The third kappa shape index (κ3) is 8.77. The Morgan fingerprint density at radius 2 is 1.89 bits per heavy atom. The second-order valence-electron chi connectivity index (χ2n) is 8.83. The van der Waals surface area contributed by atoms with Gasteiger partial charge in [0, 0.05) is 44.0 Å². The molecule has 190 valence electrons. The Morgan fingerprint density at radius 3 is 2.60 bits per heavy atom. The van der Waals surface area contributed by atoms with E-state index in [9.17, 15) is 4.79 Å². The number of aryl methyl sites for hydroxylation is 1. The van der Waals surface area contributed by atoms with E-state index in [0.29, 0.717) is 11.7 Å². The first-order valence-electron chi connectivity index (χ1n) is 12.8. The lowest BCUT2D eigenvalue weighted by molar-refractivity contribution is 0.0817. The molecule has 0 radical (unpaired) electrons. The van der Waals surface area contributed by atoms with Gasteiger partial charge in [0.15, 0.2) is 5.82 Å². The van der Waals surface area contributed by atoms with Crippen molar-refractivity contribution in [3.05, 3.63) is 47.5 Å². The predicted octanol–water partition coefficient (Wildman–Crippen LogP) is 5.46. The van der Waals surface area contributed by atoms with Crippen LogP contribution in [0.25, 0.3) is 0 Å². The van der Waals surface area contributed by atoms with E-state index in [-0.39, 0.29) is 19.3 Å². The van der Waals surface area contributed by atoms with Crippen molar-refractivity contribution < 1.29 is 14.3 Å². The van der Waals surface area contributed by atoms with E-state index in [2.05, 4.69) is 53.3 Å². The maximum Gasteiger partial charge on any atom is 0.409 e. The zero-order valence-electron chi connectivity index (χ0n) is 21.3. The average Bonchev–Trinajstić information content (AvgIpc) is 2.87. The molecule has 1 fully saturated rings. The molecule has 0 aliphatic carbocycles. The molecule has 0 bridgehead atoms. The van der Waals surface area contributed by atoms with E-state index in [1.165, 1.54) is 12.0 Å². The van der Waals surface area contributed by atoms with Gasteiger partial charge in [-0.25, -0.2) is 4.79 Å². The first-order chi connectivity index (χ1) is 17.1. The van der Waals surface area contributed by atoms with Crippen molar-refractivity contribution in [1.82, 2.24) is 9.88 Å². The summed E-state index contributed by atoms with van der Waals surface area (Å²) in [5.74, 6) is 1.07. The molecule has 2 heterocycles. The number of carbonyl (C=O) groups excluding carboxylic acids is 1. The summed E-state index contributed by atoms with van der Waals surface area (Å²) in [6, 6.07) is 12.1. The molecule has 3 rings (SSSR count). The van der Waals surface area contributed by atoms with Gasteiger partial charge in [-0.05, 0) is 44.6 Å². The lowest BCUT2D eigenvalue weighted by Crippen LogP contribution is -2.36. The van der Waals surface area contributed by atoms with E-state index < -0.39 is 0 Å². The van der Waals surface area contributed by atoms with Crippen LogP contribution in [-0.2, 0) is 4.74 Å². The highest BCUT2D eigenvalue weighted by Gasteiger charge is 2.17. The quantitative estimate of drug-likeness (QED) is 0.246. The van der Waals surface area contributed by atoms with Gasteiger partial charge in [-0.1, -0.05) is 43.7 Å². The molecule has 8 nitrogen and oxygen atoms in total. The maximum absolute atomic E-state index is 12.2. The minimum atomic E-state index is -0.264. The molecule has 1 aliphatic heterocycles. The Bertz CT molecular complexity index is 954. The normalized spacial score (nSPS) is 13.6. The summed E-state index contributed by atoms with van der Waals surface area (Å²) in [6.45, 7) is 10.2. The summed E-state index contributed by atoms with van der Waals surface area (Å²) in [5.41, 5.74) is 6.26. The first-order valence-corrected chi connectivity index (χ1v) is 12.8. The molecule has 1 saturated heterocycles. The average molecular weight is 482 g/mol. The minimum Gasteiger partial charge on any atom is -0.474 e. The minimum absolute atomic E-state index is 0.184. The van der Waals surface area contributed by atoms with Crippen LogP contribution in [0.15, 0.2) is 41.5 Å². The van der Waals surface area contributed by atoms with Gasteiger partial charge in [0.2, 0.25) is 5.88 Å². The van der Waals surface area contributed by atoms with Gasteiger partial charge in [-0.2, -0.15) is 10.1 Å². The zero-order valence-corrected chi connectivity index (χ0v) is 21.3. The fourth-order valence-corrected chi connectivity index (χ4v) is 4.08. The largest absolute Gasteiger partial charge is 0.474 e. The third-order valence-corrected chi connectivity index (χ3v) is 5.75. The van der Waals surface area contributed by atoms with Crippen LogP contribution in [0.5, 0.6) is 5.88 Å². The Labute approximate surface area is 209 Å². The number of hydrogen-bond donors (Lipinski definition) is 1. The number of hydrogen-bond acceptors (Lipinski definition) is 7. The summed E-state index contributed by atoms with van der Waals surface area (Å²) < 4.78 is 11.3. The van der Waals surface area contributed by atoms with E-state index in [1.54, 1.807) is 11.1 Å². The van der Waals surface area contributed by atoms with Crippen LogP contribution in [0.1, 0.15) is 57.1 Å². The molecule has 1 aliphatic rings. The number of rotatable bonds is 12. The Balaban J connectivity index is 1.65. The maximum atomic E-state index is 12.2. The molecular weight excluding hydrogens is 442 g/mol. The SMILES string of the molecule is CCCN(CCC)c1cc(N/N=C/c2cccc(C)c2)nc(OCCOC(=O)N2CCCCC2)c1. The number of anilines is 2. The van der Waals surface area contributed by atoms with Crippen LogP contribution in [0.2, 0.25) is 0 Å². The van der Waals surface area contributed by atoms with Crippen LogP contribution < -0.4 is 15.1 Å². The van der Waals surface area contributed by atoms with Crippen molar-refractivity contribution in [3.8, 4) is 5.88 Å². The number of aromatic nitrogens is 1. The van der Waals surface area contributed by atoms with Crippen molar-refractivity contribution >= 4 is 23.8 Å². The zero-order chi connectivity index (χ0) is 24.9. The van der Waals surface area contributed by atoms with E-state index in [1.807, 2.05) is 24.3 Å². The van der Waals surface area contributed by atoms with Crippen molar-refractivity contribution in [3.63, 3.8) is 0 Å². The molecule has 35 heavy (non-hydrogen) atoms. The fraction of sp³-hybridized carbons (Fsp3) is 0.519. The topological polar surface area (TPSA) is 79.3 Å². The number of benzene rings is 1. The van der Waals surface area contributed by atoms with Gasteiger partial charge >= 0.3 is 6.09 Å². The summed E-state index contributed by atoms with van der Waals surface area (Å²) in [6.07, 6.45) is 6.84. The molecule has 1 aromatic heterocycles. The van der Waals surface area contributed by atoms with E-state index >= 15 is 0 Å². The first kappa shape index (κ1) is 26.3. The lowest BCUT2D eigenvalue weighted by atomic mass is 10.1. The molecule has 1 aromatic carbocycles. The third-order valence-electron chi connectivity index (χ3n) is 5.75. The van der Waals surface area contributed by atoms with E-state index in [0.717, 1.165) is 63.1 Å². The van der Waals surface area contributed by atoms with Crippen LogP contribution >= 0.6 is 0 Å². The van der Waals surface area contributed by atoms with Gasteiger partial charge in [0.1, 0.15) is 13.2 Å². The Hall–Kier alpha value is -3.29. The Kier molecular flexibility index (Phi) is 10.7. The number of piperidine rings is 1. The molecule has 8 heteroatoms. The standard InChI is InChI=1S/C27H39N5O3/c1-4-12-31(13-5-2)24-19-25(30-28-21-23-11-9-10-22(3)18-23)29-26(20-24)34-16-17-35-27(33)32-14-7-6-8-15-32/h9-11,18-21H,4-8,12-17H2,1-3H3,(H,29,30)/b28-21+. The van der Waals surface area contributed by atoms with Crippen LogP contribution in [0, 0.1) is 6.92 Å². The number of ether oxygens (including phenoxy) is 2. The smallest absolute Gasteiger partial charge is 0.409 e. The van der Waals surface area contributed by atoms with Gasteiger partial charge in [-0.15, -0.1) is 0 Å². The highest BCUT2D eigenvalue weighted by atomic mass is 16.6. The number of amides is 1. The molecular formula is C27H39N5O3. The van der Waals surface area contributed by atoms with Crippen molar-refractivity contribution in [2.45, 2.75) is 52.9 Å². The van der Waals surface area contributed by atoms with Gasteiger partial charge in [0.25, 0.3) is 0 Å². The number of pyridine rings is 1. The number of likely N-dealkylation sites (tertiary alicyclic amines) is 1. The van der Waals surface area contributed by atoms with Crippen molar-refractivity contribution in [2.24, 2.45) is 5.10 Å². The highest BCUT2D eigenvalue weighted by Crippen LogP contribution is 2.25. The van der Waals surface area contributed by atoms with Gasteiger partial charge in [-0.3, -0.25) is 5.43 Å². The molecule has 1 amide bonds. The number of hydrazone groups is 1. The second kappa shape index (κ2) is 14.2. The summed E-state index contributed by atoms with van der Waals surface area (Å²) >= 11 is 0. The molecule has 0 saturated carbocycles. The van der Waals surface area contributed by atoms with Gasteiger partial charge < -0.3 is 19.3 Å². The van der Waals surface area contributed by atoms with Crippen LogP contribution in [-0.4, -0.2) is 61.6 Å². The number of nitrogens with one attached hydrogen (secondary N) is 1. The summed E-state index contributed by atoms with van der Waals surface area (Å²) in [4.78, 5) is 20.9. The highest BCUT2D eigenvalue weighted by molar-refractivity contribution is 5.80. The van der Waals surface area contributed by atoms with Crippen molar-refractivity contribution in [1.29, 1.82) is 0 Å².